The minimum absolute atomic E-state index is 0.0678. The first-order valence-corrected chi connectivity index (χ1v) is 8.76. The largest absolute Gasteiger partial charge is 0.356 e. The number of para-hydroxylation sites is 1. The Hall–Kier alpha value is -1.91. The van der Waals surface area contributed by atoms with E-state index in [1.165, 1.54) is 10.3 Å². The van der Waals surface area contributed by atoms with Crippen LogP contribution in [-0.2, 0) is 17.6 Å². The number of halogens is 1. The summed E-state index contributed by atoms with van der Waals surface area (Å²) < 4.78 is 1.17. The van der Waals surface area contributed by atoms with Crippen LogP contribution in [0.2, 0.25) is 5.02 Å². The molecular formula is C18H17ClN2OS. The Kier molecular flexibility index (Phi) is 5.26. The molecule has 1 N–H and O–H groups in total. The van der Waals surface area contributed by atoms with E-state index < -0.39 is 0 Å². The molecule has 23 heavy (non-hydrogen) atoms. The molecule has 0 aliphatic rings. The molecule has 3 rings (SSSR count). The van der Waals surface area contributed by atoms with Gasteiger partial charge in [-0.05, 0) is 36.2 Å². The van der Waals surface area contributed by atoms with Gasteiger partial charge >= 0.3 is 0 Å². The van der Waals surface area contributed by atoms with E-state index in [2.05, 4.69) is 16.4 Å². The summed E-state index contributed by atoms with van der Waals surface area (Å²) in [7, 11) is 0. The Balaban J connectivity index is 1.43. The molecule has 1 amide bonds. The first-order valence-electron chi connectivity index (χ1n) is 7.56. The number of thiazole rings is 1. The van der Waals surface area contributed by atoms with E-state index in [4.69, 9.17) is 11.6 Å². The van der Waals surface area contributed by atoms with Crippen molar-refractivity contribution >= 4 is 39.1 Å². The summed E-state index contributed by atoms with van der Waals surface area (Å²) in [5.74, 6) is 0.0678. The lowest BCUT2D eigenvalue weighted by Crippen LogP contribution is -2.25. The fourth-order valence-electron chi connectivity index (χ4n) is 2.33. The van der Waals surface area contributed by atoms with Crippen molar-refractivity contribution in [2.45, 2.75) is 19.3 Å². The highest BCUT2D eigenvalue weighted by molar-refractivity contribution is 7.18. The van der Waals surface area contributed by atoms with Gasteiger partial charge in [-0.15, -0.1) is 11.3 Å². The smallest absolute Gasteiger partial charge is 0.220 e. The van der Waals surface area contributed by atoms with E-state index in [0.29, 0.717) is 19.4 Å². The van der Waals surface area contributed by atoms with E-state index in [1.807, 2.05) is 42.5 Å². The molecule has 0 saturated carbocycles. The number of aromatic nitrogens is 1. The first-order chi connectivity index (χ1) is 11.2. The lowest BCUT2D eigenvalue weighted by Gasteiger charge is -2.05. The van der Waals surface area contributed by atoms with Gasteiger partial charge in [0.05, 0.1) is 15.2 Å². The Morgan fingerprint density at radius 1 is 1.09 bits per heavy atom. The predicted molar refractivity (Wildman–Crippen MR) is 96.1 cm³/mol. The average Bonchev–Trinajstić information content (AvgIpc) is 2.98. The standard InChI is InChI=1S/C18H17ClN2OS/c19-14-7-5-13(6-8-14)11-12-20-17(22)9-10-18-21-15-3-1-2-4-16(15)23-18/h1-8H,9-12H2,(H,20,22). The van der Waals surface area contributed by atoms with Gasteiger partial charge < -0.3 is 5.32 Å². The Labute approximate surface area is 144 Å². The maximum Gasteiger partial charge on any atom is 0.220 e. The van der Waals surface area contributed by atoms with Gasteiger partial charge in [0.1, 0.15) is 0 Å². The highest BCUT2D eigenvalue weighted by Crippen LogP contribution is 2.22. The second-order valence-corrected chi connectivity index (χ2v) is 6.85. The van der Waals surface area contributed by atoms with Gasteiger partial charge in [-0.25, -0.2) is 4.98 Å². The van der Waals surface area contributed by atoms with Crippen LogP contribution < -0.4 is 5.32 Å². The SMILES string of the molecule is O=C(CCc1nc2ccccc2s1)NCCc1ccc(Cl)cc1. The molecule has 0 radical (unpaired) electrons. The Morgan fingerprint density at radius 3 is 2.65 bits per heavy atom. The van der Waals surface area contributed by atoms with E-state index in [0.717, 1.165) is 22.0 Å². The van der Waals surface area contributed by atoms with Crippen LogP contribution in [0.25, 0.3) is 10.2 Å². The predicted octanol–water partition coefficient (Wildman–Crippen LogP) is 4.24. The van der Waals surface area contributed by atoms with E-state index in [9.17, 15) is 4.79 Å². The number of carbonyl (C=O) groups excluding carboxylic acids is 1. The molecule has 0 fully saturated rings. The molecule has 118 valence electrons. The van der Waals surface area contributed by atoms with E-state index in [-0.39, 0.29) is 5.91 Å². The van der Waals surface area contributed by atoms with Crippen LogP contribution in [0.4, 0.5) is 0 Å². The molecule has 0 aliphatic heterocycles. The summed E-state index contributed by atoms with van der Waals surface area (Å²) in [5.41, 5.74) is 2.18. The Bertz CT molecular complexity index is 765. The van der Waals surface area contributed by atoms with Gasteiger partial charge in [0.25, 0.3) is 0 Å². The number of hydrogen-bond acceptors (Lipinski definition) is 3. The van der Waals surface area contributed by atoms with Gasteiger partial charge in [0.2, 0.25) is 5.91 Å². The normalized spacial score (nSPS) is 10.8. The van der Waals surface area contributed by atoms with Crippen LogP contribution in [0.15, 0.2) is 48.5 Å². The van der Waals surface area contributed by atoms with Crippen molar-refractivity contribution in [2.75, 3.05) is 6.54 Å². The van der Waals surface area contributed by atoms with Crippen molar-refractivity contribution in [1.82, 2.24) is 10.3 Å². The van der Waals surface area contributed by atoms with Crippen molar-refractivity contribution in [2.24, 2.45) is 0 Å². The summed E-state index contributed by atoms with van der Waals surface area (Å²) >= 11 is 7.51. The van der Waals surface area contributed by atoms with Gasteiger partial charge in [-0.3, -0.25) is 4.79 Å². The van der Waals surface area contributed by atoms with Crippen molar-refractivity contribution in [3.63, 3.8) is 0 Å². The average molecular weight is 345 g/mol. The third kappa shape index (κ3) is 4.53. The lowest BCUT2D eigenvalue weighted by atomic mass is 10.1. The molecule has 0 unspecified atom stereocenters. The molecule has 1 heterocycles. The van der Waals surface area contributed by atoms with E-state index >= 15 is 0 Å². The van der Waals surface area contributed by atoms with Crippen molar-refractivity contribution < 1.29 is 4.79 Å². The molecule has 3 nitrogen and oxygen atoms in total. The van der Waals surface area contributed by atoms with Crippen LogP contribution in [0.5, 0.6) is 0 Å². The molecule has 2 aromatic carbocycles. The number of amides is 1. The third-order valence-corrected chi connectivity index (χ3v) is 4.90. The second kappa shape index (κ2) is 7.57. The molecule has 1 aromatic heterocycles. The van der Waals surface area contributed by atoms with Gasteiger partial charge in [-0.2, -0.15) is 0 Å². The monoisotopic (exact) mass is 344 g/mol. The zero-order valence-corrected chi connectivity index (χ0v) is 14.2. The van der Waals surface area contributed by atoms with Gasteiger partial charge in [-0.1, -0.05) is 35.9 Å². The summed E-state index contributed by atoms with van der Waals surface area (Å²) in [6.45, 7) is 0.639. The van der Waals surface area contributed by atoms with Gasteiger partial charge in [0, 0.05) is 24.4 Å². The summed E-state index contributed by atoms with van der Waals surface area (Å²) in [6.07, 6.45) is 1.97. The highest BCUT2D eigenvalue weighted by atomic mass is 35.5. The van der Waals surface area contributed by atoms with Gasteiger partial charge in [0.15, 0.2) is 0 Å². The van der Waals surface area contributed by atoms with Crippen LogP contribution in [0.1, 0.15) is 17.0 Å². The minimum Gasteiger partial charge on any atom is -0.356 e. The second-order valence-electron chi connectivity index (χ2n) is 5.30. The summed E-state index contributed by atoms with van der Waals surface area (Å²) in [4.78, 5) is 16.5. The highest BCUT2D eigenvalue weighted by Gasteiger charge is 2.06. The topological polar surface area (TPSA) is 42.0 Å². The molecule has 0 bridgehead atoms. The third-order valence-electron chi connectivity index (χ3n) is 3.55. The van der Waals surface area contributed by atoms with Crippen LogP contribution >= 0.6 is 22.9 Å². The maximum atomic E-state index is 11.9. The fraction of sp³-hybridized carbons (Fsp3) is 0.222. The summed E-state index contributed by atoms with van der Waals surface area (Å²) in [5, 5.41) is 4.70. The van der Waals surface area contributed by atoms with E-state index in [1.54, 1.807) is 11.3 Å². The quantitative estimate of drug-likeness (QED) is 0.726. The van der Waals surface area contributed by atoms with Crippen LogP contribution in [0, 0.1) is 0 Å². The number of carbonyl (C=O) groups is 1. The molecule has 0 saturated heterocycles. The van der Waals surface area contributed by atoms with Crippen LogP contribution in [-0.4, -0.2) is 17.4 Å². The number of rotatable bonds is 6. The van der Waals surface area contributed by atoms with Crippen molar-refractivity contribution in [3.05, 3.63) is 64.1 Å². The van der Waals surface area contributed by atoms with Crippen molar-refractivity contribution in [3.8, 4) is 0 Å². The number of nitrogens with zero attached hydrogens (tertiary/aromatic N) is 1. The van der Waals surface area contributed by atoms with Crippen molar-refractivity contribution in [1.29, 1.82) is 0 Å². The zero-order valence-electron chi connectivity index (χ0n) is 12.6. The first kappa shape index (κ1) is 16.0. The molecule has 0 aliphatic carbocycles. The molecule has 0 atom stereocenters. The Morgan fingerprint density at radius 2 is 1.87 bits per heavy atom. The zero-order chi connectivity index (χ0) is 16.1. The fourth-order valence-corrected chi connectivity index (χ4v) is 3.43. The van der Waals surface area contributed by atoms with Crippen LogP contribution in [0.3, 0.4) is 0 Å². The molecule has 3 aromatic rings. The number of nitrogens with one attached hydrogen (secondary N) is 1. The minimum atomic E-state index is 0.0678. The number of benzene rings is 2. The number of aryl methyl sites for hydroxylation is 1. The summed E-state index contributed by atoms with van der Waals surface area (Å²) in [6, 6.07) is 15.7. The number of hydrogen-bond donors (Lipinski definition) is 1. The number of fused-ring (bicyclic) bond motifs is 1. The molecule has 5 heteroatoms. The molecule has 0 spiro atoms. The molecular weight excluding hydrogens is 328 g/mol. The maximum absolute atomic E-state index is 11.9. The lowest BCUT2D eigenvalue weighted by molar-refractivity contribution is -0.121.